The summed E-state index contributed by atoms with van der Waals surface area (Å²) in [5, 5.41) is 4.44. The van der Waals surface area contributed by atoms with E-state index in [4.69, 9.17) is 4.74 Å². The fourth-order valence-electron chi connectivity index (χ4n) is 4.39. The van der Waals surface area contributed by atoms with Crippen LogP contribution in [0.3, 0.4) is 0 Å². The first-order valence-corrected chi connectivity index (χ1v) is 13.2. The van der Waals surface area contributed by atoms with Crippen molar-refractivity contribution in [1.29, 1.82) is 0 Å². The molecule has 0 aliphatic carbocycles. The summed E-state index contributed by atoms with van der Waals surface area (Å²) in [6.45, 7) is 0. The summed E-state index contributed by atoms with van der Waals surface area (Å²) in [5.74, 6) is -0.0985. The zero-order valence-corrected chi connectivity index (χ0v) is 21.0. The van der Waals surface area contributed by atoms with Crippen LogP contribution < -0.4 is 15.9 Å². The summed E-state index contributed by atoms with van der Waals surface area (Å²) in [7, 11) is -0.629. The molecule has 3 aromatic carbocycles. The third kappa shape index (κ3) is 6.76. The van der Waals surface area contributed by atoms with Gasteiger partial charge < -0.3 is 0 Å². The van der Waals surface area contributed by atoms with Gasteiger partial charge in [0.25, 0.3) is 0 Å². The fraction of sp³-hybridized carbons (Fsp3) is 0.296. The summed E-state index contributed by atoms with van der Waals surface area (Å²) in [4.78, 5) is 11.3. The molecule has 0 aliphatic rings. The van der Waals surface area contributed by atoms with Crippen molar-refractivity contribution in [1.82, 2.24) is 0 Å². The number of rotatable bonds is 11. The van der Waals surface area contributed by atoms with Gasteiger partial charge in [-0.15, -0.1) is 17.0 Å². The number of ether oxygens (including phenoxy) is 1. The molecule has 0 unspecified atom stereocenters. The number of halogens is 1. The van der Waals surface area contributed by atoms with Crippen LogP contribution in [-0.2, 0) is 9.53 Å². The molecule has 2 nitrogen and oxygen atoms in total. The molecule has 0 saturated carbocycles. The molecule has 0 bridgehead atoms. The van der Waals surface area contributed by atoms with E-state index >= 15 is 0 Å². The Balaban J connectivity index is 0.00000341. The Bertz CT molecular complexity index is 788. The maximum atomic E-state index is 11.3. The maximum absolute atomic E-state index is 11.3. The van der Waals surface area contributed by atoms with Crippen molar-refractivity contribution in [3.8, 4) is 0 Å². The molecular formula is C27H34BrO2P. The van der Waals surface area contributed by atoms with Gasteiger partial charge in [0.05, 0.1) is 0 Å². The average Bonchev–Trinajstić information content (AvgIpc) is 2.82. The molecule has 0 aliphatic heterocycles. The molecule has 0 aromatic heterocycles. The molecule has 0 atom stereocenters. The standard InChI is InChI=1S/C27H33O2P.BrH/c1-29-27(28)22-14-3-2-4-15-23-30(24-16-8-5-9-17-24,25-18-10-6-11-19-25)26-20-12-7-13-21-26;/h5-13,16-21,30H,2-4,14-15,22-23H2,1H3;1H. The van der Waals surface area contributed by atoms with E-state index in [1.54, 1.807) is 0 Å². The van der Waals surface area contributed by atoms with E-state index < -0.39 is 7.26 Å². The van der Waals surface area contributed by atoms with Gasteiger partial charge in [-0.3, -0.25) is 0 Å². The zero-order chi connectivity index (χ0) is 21.1. The predicted molar refractivity (Wildman–Crippen MR) is 141 cm³/mol. The summed E-state index contributed by atoms with van der Waals surface area (Å²) in [5.41, 5.74) is 0. The molecule has 0 fully saturated rings. The van der Waals surface area contributed by atoms with Crippen LogP contribution in [0.25, 0.3) is 0 Å². The minimum atomic E-state index is -2.09. The summed E-state index contributed by atoms with van der Waals surface area (Å²) in [6.07, 6.45) is 7.30. The van der Waals surface area contributed by atoms with E-state index in [0.29, 0.717) is 6.42 Å². The molecule has 0 saturated heterocycles. The van der Waals surface area contributed by atoms with E-state index in [-0.39, 0.29) is 23.0 Å². The fourth-order valence-corrected chi connectivity index (χ4v) is 9.32. The molecule has 0 spiro atoms. The molecule has 31 heavy (non-hydrogen) atoms. The topological polar surface area (TPSA) is 26.3 Å². The minimum absolute atomic E-state index is 0. The summed E-state index contributed by atoms with van der Waals surface area (Å²) < 4.78 is 4.74. The Morgan fingerprint density at radius 2 is 1.03 bits per heavy atom. The Morgan fingerprint density at radius 3 is 1.45 bits per heavy atom. The second kappa shape index (κ2) is 13.5. The first-order chi connectivity index (χ1) is 14.8. The average molecular weight is 501 g/mol. The van der Waals surface area contributed by atoms with E-state index in [1.165, 1.54) is 48.4 Å². The summed E-state index contributed by atoms with van der Waals surface area (Å²) in [6, 6.07) is 33.3. The van der Waals surface area contributed by atoms with Crippen molar-refractivity contribution in [3.05, 3.63) is 91.0 Å². The van der Waals surface area contributed by atoms with Gasteiger partial charge in [0.15, 0.2) is 0 Å². The molecular weight excluding hydrogens is 467 g/mol. The van der Waals surface area contributed by atoms with Crippen LogP contribution in [0.1, 0.15) is 38.5 Å². The first kappa shape index (κ1) is 25.3. The van der Waals surface area contributed by atoms with Gasteiger partial charge in [-0.25, -0.2) is 0 Å². The van der Waals surface area contributed by atoms with Gasteiger partial charge in [0, 0.05) is 0 Å². The Hall–Kier alpha value is -1.96. The van der Waals surface area contributed by atoms with Crippen molar-refractivity contribution in [3.63, 3.8) is 0 Å². The molecule has 3 aromatic rings. The van der Waals surface area contributed by atoms with Gasteiger partial charge in [0.2, 0.25) is 0 Å². The molecule has 0 amide bonds. The normalized spacial score (nSPS) is 11.4. The SMILES string of the molecule is Br.COC(=O)CCCCCCC[PH](c1ccccc1)(c1ccccc1)c1ccccc1. The van der Waals surface area contributed by atoms with Crippen LogP contribution in [-0.4, -0.2) is 19.2 Å². The Morgan fingerprint density at radius 1 is 0.645 bits per heavy atom. The molecule has 166 valence electrons. The predicted octanol–water partition coefficient (Wildman–Crippen LogP) is 5.80. The van der Waals surface area contributed by atoms with Crippen LogP contribution in [0.15, 0.2) is 91.0 Å². The van der Waals surface area contributed by atoms with Crippen LogP contribution >= 0.6 is 24.2 Å². The second-order valence-corrected chi connectivity index (χ2v) is 11.9. The van der Waals surface area contributed by atoms with E-state index in [2.05, 4.69) is 91.0 Å². The molecule has 0 N–H and O–H groups in total. The van der Waals surface area contributed by atoms with Crippen molar-refractivity contribution in [2.45, 2.75) is 38.5 Å². The van der Waals surface area contributed by atoms with Gasteiger partial charge in [-0.05, 0) is 0 Å². The molecule has 0 radical (unpaired) electrons. The Kier molecular flexibility index (Phi) is 11.0. The number of esters is 1. The van der Waals surface area contributed by atoms with E-state index in [9.17, 15) is 4.79 Å². The second-order valence-electron chi connectivity index (χ2n) is 7.85. The van der Waals surface area contributed by atoms with Crippen LogP contribution in [0.2, 0.25) is 0 Å². The van der Waals surface area contributed by atoms with Crippen LogP contribution in [0, 0.1) is 0 Å². The number of hydrogen-bond acceptors (Lipinski definition) is 2. The molecule has 3 rings (SSSR count). The molecule has 0 heterocycles. The van der Waals surface area contributed by atoms with Crippen molar-refractivity contribution in [2.24, 2.45) is 0 Å². The van der Waals surface area contributed by atoms with E-state index in [1.807, 2.05) is 0 Å². The third-order valence-corrected chi connectivity index (χ3v) is 11.0. The number of carbonyl (C=O) groups is 1. The van der Waals surface area contributed by atoms with Crippen molar-refractivity contribution < 1.29 is 9.53 Å². The first-order valence-electron chi connectivity index (χ1n) is 11.0. The van der Waals surface area contributed by atoms with Gasteiger partial charge in [0.1, 0.15) is 0 Å². The van der Waals surface area contributed by atoms with E-state index in [0.717, 1.165) is 12.8 Å². The number of unbranched alkanes of at least 4 members (excludes halogenated alkanes) is 4. The number of benzene rings is 3. The summed E-state index contributed by atoms with van der Waals surface area (Å²) >= 11 is 0. The van der Waals surface area contributed by atoms with Gasteiger partial charge in [-0.2, -0.15) is 0 Å². The van der Waals surface area contributed by atoms with Crippen LogP contribution in [0.4, 0.5) is 0 Å². The van der Waals surface area contributed by atoms with Gasteiger partial charge in [-0.1, -0.05) is 0 Å². The zero-order valence-electron chi connectivity index (χ0n) is 18.3. The Labute approximate surface area is 198 Å². The quantitative estimate of drug-likeness (QED) is 0.189. The monoisotopic (exact) mass is 500 g/mol. The van der Waals surface area contributed by atoms with Crippen LogP contribution in [0.5, 0.6) is 0 Å². The number of hydrogen-bond donors (Lipinski definition) is 0. The third-order valence-electron chi connectivity index (χ3n) is 5.96. The molecule has 4 heteroatoms. The van der Waals surface area contributed by atoms with Gasteiger partial charge >= 0.3 is 181 Å². The van der Waals surface area contributed by atoms with Crippen molar-refractivity contribution >= 4 is 46.1 Å². The number of carbonyl (C=O) groups excluding carboxylic acids is 1. The number of methoxy groups -OCH3 is 1. The van der Waals surface area contributed by atoms with Crippen molar-refractivity contribution in [2.75, 3.05) is 13.3 Å².